The minimum Gasteiger partial charge on any atom is -0.343 e. The molecule has 108 valence electrons. The van der Waals surface area contributed by atoms with Crippen LogP contribution >= 0.6 is 27.3 Å². The lowest BCUT2D eigenvalue weighted by atomic mass is 10.3. The second kappa shape index (κ2) is 5.61. The van der Waals surface area contributed by atoms with Crippen LogP contribution in [0.25, 0.3) is 10.2 Å². The van der Waals surface area contributed by atoms with Crippen LogP contribution < -0.4 is 5.32 Å². The molecular weight excluding hydrogens is 350 g/mol. The van der Waals surface area contributed by atoms with E-state index < -0.39 is 0 Å². The predicted molar refractivity (Wildman–Crippen MR) is 90.1 cm³/mol. The third-order valence-electron chi connectivity index (χ3n) is 3.19. The van der Waals surface area contributed by atoms with Crippen LogP contribution in [-0.4, -0.2) is 15.5 Å². The fraction of sp³-hybridized carbons (Fsp3) is 0.200. The van der Waals surface area contributed by atoms with Crippen LogP contribution in [-0.2, 0) is 6.54 Å². The summed E-state index contributed by atoms with van der Waals surface area (Å²) in [6.45, 7) is 4.74. The summed E-state index contributed by atoms with van der Waals surface area (Å²) < 4.78 is 3.90. The molecule has 2 heterocycles. The van der Waals surface area contributed by atoms with E-state index in [-0.39, 0.29) is 5.91 Å². The molecule has 0 spiro atoms. The van der Waals surface area contributed by atoms with E-state index in [0.29, 0.717) is 5.69 Å². The molecule has 21 heavy (non-hydrogen) atoms. The molecule has 1 N–H and O–H groups in total. The molecule has 3 aromatic rings. The third-order valence-corrected chi connectivity index (χ3v) is 4.56. The van der Waals surface area contributed by atoms with Crippen LogP contribution in [0.1, 0.15) is 22.4 Å². The molecule has 6 heteroatoms. The van der Waals surface area contributed by atoms with E-state index in [1.54, 1.807) is 11.3 Å². The number of carbonyl (C=O) groups excluding carboxylic acids is 1. The molecule has 3 rings (SSSR count). The highest BCUT2D eigenvalue weighted by Gasteiger charge is 2.13. The topological polar surface area (TPSA) is 46.9 Å². The number of rotatable bonds is 3. The molecule has 0 aliphatic rings. The molecule has 0 saturated carbocycles. The number of anilines is 1. The molecular formula is C15H14BrN3OS. The van der Waals surface area contributed by atoms with Gasteiger partial charge in [-0.2, -0.15) is 0 Å². The number of aryl methyl sites for hydroxylation is 2. The van der Waals surface area contributed by atoms with Crippen LogP contribution in [0.3, 0.4) is 0 Å². The van der Waals surface area contributed by atoms with Crippen LogP contribution in [0.5, 0.6) is 0 Å². The average Bonchev–Trinajstić information content (AvgIpc) is 2.99. The van der Waals surface area contributed by atoms with Gasteiger partial charge in [-0.15, -0.1) is 11.3 Å². The maximum atomic E-state index is 12.4. The van der Waals surface area contributed by atoms with Crippen molar-refractivity contribution in [1.82, 2.24) is 9.55 Å². The first kappa shape index (κ1) is 14.3. The van der Waals surface area contributed by atoms with Crippen molar-refractivity contribution in [2.75, 3.05) is 5.32 Å². The van der Waals surface area contributed by atoms with Crippen molar-refractivity contribution in [2.45, 2.75) is 20.4 Å². The molecule has 4 nitrogen and oxygen atoms in total. The number of hydrogen-bond donors (Lipinski definition) is 1. The van der Waals surface area contributed by atoms with Gasteiger partial charge in [-0.05, 0) is 54.0 Å². The van der Waals surface area contributed by atoms with Gasteiger partial charge in [0.05, 0.1) is 15.2 Å². The Bertz CT molecular complexity index is 822. The number of benzene rings is 1. The van der Waals surface area contributed by atoms with Gasteiger partial charge in [0.25, 0.3) is 5.91 Å². The minimum atomic E-state index is -0.108. The number of thiazole rings is 1. The van der Waals surface area contributed by atoms with Crippen molar-refractivity contribution < 1.29 is 4.79 Å². The predicted octanol–water partition coefficient (Wildman–Crippen LogP) is 4.44. The highest BCUT2D eigenvalue weighted by atomic mass is 79.9. The summed E-state index contributed by atoms with van der Waals surface area (Å²) in [5, 5.41) is 3.97. The van der Waals surface area contributed by atoms with Crippen molar-refractivity contribution in [3.05, 3.63) is 45.6 Å². The summed E-state index contributed by atoms with van der Waals surface area (Å²) >= 11 is 5.03. The molecule has 0 fully saturated rings. The summed E-state index contributed by atoms with van der Waals surface area (Å²) in [6, 6.07) is 7.61. The van der Waals surface area contributed by atoms with E-state index in [4.69, 9.17) is 0 Å². The van der Waals surface area contributed by atoms with E-state index in [2.05, 4.69) is 26.2 Å². The highest BCUT2D eigenvalue weighted by molar-refractivity contribution is 9.10. The molecule has 2 aromatic heterocycles. The molecule has 0 unspecified atom stereocenters. The zero-order valence-corrected chi connectivity index (χ0v) is 14.1. The summed E-state index contributed by atoms with van der Waals surface area (Å²) in [7, 11) is 0. The summed E-state index contributed by atoms with van der Waals surface area (Å²) in [4.78, 5) is 16.8. The fourth-order valence-corrected chi connectivity index (χ4v) is 3.57. The van der Waals surface area contributed by atoms with Crippen LogP contribution in [0, 0.1) is 6.92 Å². The lowest BCUT2D eigenvalue weighted by molar-refractivity contribution is 0.101. The fourth-order valence-electron chi connectivity index (χ4n) is 2.24. The molecule has 0 aliphatic carbocycles. The summed E-state index contributed by atoms with van der Waals surface area (Å²) in [5.41, 5.74) is 2.40. The Kier molecular flexibility index (Phi) is 3.82. The first-order valence-electron chi connectivity index (χ1n) is 6.61. The number of hydrogen-bond acceptors (Lipinski definition) is 3. The van der Waals surface area contributed by atoms with Gasteiger partial charge in [-0.1, -0.05) is 0 Å². The first-order chi connectivity index (χ1) is 10.1. The number of nitrogens with zero attached hydrogens (tertiary/aromatic N) is 2. The molecule has 0 aliphatic heterocycles. The van der Waals surface area contributed by atoms with E-state index in [1.807, 2.05) is 48.9 Å². The Morgan fingerprint density at radius 3 is 3.00 bits per heavy atom. The van der Waals surface area contributed by atoms with Crippen LogP contribution in [0.2, 0.25) is 0 Å². The van der Waals surface area contributed by atoms with Crippen LogP contribution in [0.4, 0.5) is 5.69 Å². The maximum Gasteiger partial charge on any atom is 0.272 e. The second-order valence-corrected chi connectivity index (χ2v) is 6.85. The highest BCUT2D eigenvalue weighted by Crippen LogP contribution is 2.25. The van der Waals surface area contributed by atoms with E-state index in [9.17, 15) is 4.79 Å². The second-order valence-electron chi connectivity index (χ2n) is 4.70. The van der Waals surface area contributed by atoms with Crippen molar-refractivity contribution in [3.8, 4) is 0 Å². The van der Waals surface area contributed by atoms with Crippen molar-refractivity contribution >= 4 is 49.1 Å². The first-order valence-corrected chi connectivity index (χ1v) is 8.22. The van der Waals surface area contributed by atoms with Crippen molar-refractivity contribution in [1.29, 1.82) is 0 Å². The third kappa shape index (κ3) is 2.87. The van der Waals surface area contributed by atoms with Gasteiger partial charge in [-0.25, -0.2) is 4.98 Å². The van der Waals surface area contributed by atoms with Gasteiger partial charge in [0.2, 0.25) is 0 Å². The van der Waals surface area contributed by atoms with Gasteiger partial charge in [0.1, 0.15) is 5.69 Å². The number of aromatic nitrogens is 2. The maximum absolute atomic E-state index is 12.4. The van der Waals surface area contributed by atoms with Gasteiger partial charge < -0.3 is 9.88 Å². The van der Waals surface area contributed by atoms with E-state index >= 15 is 0 Å². The smallest absolute Gasteiger partial charge is 0.272 e. The Morgan fingerprint density at radius 1 is 1.43 bits per heavy atom. The quantitative estimate of drug-likeness (QED) is 0.747. The minimum absolute atomic E-state index is 0.108. The summed E-state index contributed by atoms with van der Waals surface area (Å²) in [5.74, 6) is -0.108. The number of halogens is 1. The largest absolute Gasteiger partial charge is 0.343 e. The molecule has 1 amide bonds. The molecule has 0 radical (unpaired) electrons. The van der Waals surface area contributed by atoms with E-state index in [0.717, 1.165) is 31.9 Å². The number of amides is 1. The zero-order valence-electron chi connectivity index (χ0n) is 11.7. The average molecular weight is 364 g/mol. The molecule has 1 aromatic carbocycles. The molecule has 0 bridgehead atoms. The number of fused-ring (bicyclic) bond motifs is 1. The standard InChI is InChI=1S/C15H14BrN3OS/c1-3-19-8-10(16)6-13(19)15(20)18-11-4-5-12-14(7-11)21-9(2)17-12/h4-8H,3H2,1-2H3,(H,18,20). The Hall–Kier alpha value is -1.66. The zero-order chi connectivity index (χ0) is 15.0. The van der Waals surface area contributed by atoms with Crippen LogP contribution in [0.15, 0.2) is 34.9 Å². The molecule has 0 atom stereocenters. The number of carbonyl (C=O) groups is 1. The lowest BCUT2D eigenvalue weighted by Crippen LogP contribution is -2.16. The van der Waals surface area contributed by atoms with Crippen molar-refractivity contribution in [3.63, 3.8) is 0 Å². The Morgan fingerprint density at radius 2 is 2.24 bits per heavy atom. The SMILES string of the molecule is CCn1cc(Br)cc1C(=O)Nc1ccc2nc(C)sc2c1. The number of nitrogens with one attached hydrogen (secondary N) is 1. The molecule has 0 saturated heterocycles. The lowest BCUT2D eigenvalue weighted by Gasteiger charge is -2.07. The Balaban J connectivity index is 1.88. The van der Waals surface area contributed by atoms with Gasteiger partial charge >= 0.3 is 0 Å². The monoisotopic (exact) mass is 363 g/mol. The van der Waals surface area contributed by atoms with Gasteiger partial charge in [-0.3, -0.25) is 4.79 Å². The normalized spacial score (nSPS) is 11.0. The van der Waals surface area contributed by atoms with Gasteiger partial charge in [0.15, 0.2) is 0 Å². The van der Waals surface area contributed by atoms with Crippen molar-refractivity contribution in [2.24, 2.45) is 0 Å². The van der Waals surface area contributed by atoms with E-state index in [1.165, 1.54) is 0 Å². The van der Waals surface area contributed by atoms with Gasteiger partial charge in [0, 0.05) is 22.9 Å². The summed E-state index contributed by atoms with van der Waals surface area (Å²) in [6.07, 6.45) is 1.91. The Labute approximate surface area is 134 Å².